The van der Waals surface area contributed by atoms with Crippen LogP contribution < -0.4 is 0 Å². The van der Waals surface area contributed by atoms with Gasteiger partial charge in [-0.1, -0.05) is 48.5 Å². The van der Waals surface area contributed by atoms with Crippen LogP contribution in [0.5, 0.6) is 0 Å². The molecule has 4 aromatic carbocycles. The average molecular weight is 691 g/mol. The summed E-state index contributed by atoms with van der Waals surface area (Å²) in [5.74, 6) is 0. The summed E-state index contributed by atoms with van der Waals surface area (Å²) in [6.07, 6.45) is 3.63. The first-order chi connectivity index (χ1) is 19.2. The zero-order valence-electron chi connectivity index (χ0n) is 22.3. The molecule has 0 N–H and O–H groups in total. The molecular formula is C37H26IrN2-2. The Morgan fingerprint density at radius 1 is 0.525 bits per heavy atom. The number of hydrogen-bond acceptors (Lipinski definition) is 2. The van der Waals surface area contributed by atoms with Crippen molar-refractivity contribution < 1.29 is 20.1 Å². The van der Waals surface area contributed by atoms with Crippen LogP contribution in [0.2, 0.25) is 0 Å². The van der Waals surface area contributed by atoms with Crippen molar-refractivity contribution in [2.45, 2.75) is 19.3 Å². The molecule has 0 fully saturated rings. The van der Waals surface area contributed by atoms with E-state index in [0.717, 1.165) is 11.4 Å². The molecule has 2 aliphatic rings. The van der Waals surface area contributed by atoms with Crippen LogP contribution in [0.15, 0.2) is 122 Å². The van der Waals surface area contributed by atoms with Gasteiger partial charge in [0.1, 0.15) is 0 Å². The van der Waals surface area contributed by atoms with Gasteiger partial charge >= 0.3 is 0 Å². The van der Waals surface area contributed by atoms with E-state index >= 15 is 0 Å². The Kier molecular flexibility index (Phi) is 6.80. The third-order valence-corrected chi connectivity index (χ3v) is 7.82. The molecule has 0 aliphatic heterocycles. The van der Waals surface area contributed by atoms with Crippen LogP contribution in [0, 0.1) is 26.0 Å². The molecule has 6 aromatic rings. The Bertz CT molecular complexity index is 1620. The molecule has 2 aliphatic carbocycles. The fourth-order valence-electron chi connectivity index (χ4n) is 6.23. The summed E-state index contributed by atoms with van der Waals surface area (Å²) in [6.45, 7) is 4.11. The smallest absolute Gasteiger partial charge is 0.0888 e. The van der Waals surface area contributed by atoms with Crippen LogP contribution in [-0.4, -0.2) is 9.97 Å². The Hall–Kier alpha value is -4.17. The van der Waals surface area contributed by atoms with Gasteiger partial charge in [-0.25, -0.2) is 11.1 Å². The molecule has 8 rings (SSSR count). The summed E-state index contributed by atoms with van der Waals surface area (Å²) in [6, 6.07) is 45.4. The van der Waals surface area contributed by atoms with E-state index < -0.39 is 0 Å². The van der Waals surface area contributed by atoms with Crippen LogP contribution in [0.1, 0.15) is 33.4 Å². The van der Waals surface area contributed by atoms with Gasteiger partial charge in [0.15, 0.2) is 0 Å². The molecule has 1 radical (unpaired) electrons. The van der Waals surface area contributed by atoms with Gasteiger partial charge < -0.3 is 0 Å². The minimum Gasteiger partial charge on any atom is -0.255 e. The Balaban J connectivity index is 0.000000166. The third kappa shape index (κ3) is 3.97. The SMILES string of the molecule is Cc1ccnc(-c2cc(C)ccn2)c1.[Ir].[c-]1cccc2c1-c1[c-]cccc1C21c2ccccc2-c2ccccc21. The fraction of sp³-hybridized carbons (Fsp3) is 0.0811. The first kappa shape index (κ1) is 26.1. The van der Waals surface area contributed by atoms with Crippen molar-refractivity contribution in [3.8, 4) is 33.6 Å². The van der Waals surface area contributed by atoms with Crippen LogP contribution >= 0.6 is 0 Å². The summed E-state index contributed by atoms with van der Waals surface area (Å²) >= 11 is 0. The molecule has 3 heteroatoms. The van der Waals surface area contributed by atoms with Gasteiger partial charge in [0, 0.05) is 32.5 Å². The molecule has 40 heavy (non-hydrogen) atoms. The summed E-state index contributed by atoms with van der Waals surface area (Å²) < 4.78 is 0. The van der Waals surface area contributed by atoms with Gasteiger partial charge in [-0.2, -0.15) is 47.5 Å². The molecular weight excluding hydrogens is 665 g/mol. The molecule has 195 valence electrons. The second-order valence-corrected chi connectivity index (χ2v) is 10.2. The molecule has 2 heterocycles. The monoisotopic (exact) mass is 691 g/mol. The first-order valence-corrected chi connectivity index (χ1v) is 13.3. The molecule has 0 atom stereocenters. The fourth-order valence-corrected chi connectivity index (χ4v) is 6.23. The number of aromatic nitrogens is 2. The van der Waals surface area contributed by atoms with Crippen molar-refractivity contribution in [2.24, 2.45) is 0 Å². The van der Waals surface area contributed by atoms with Crippen molar-refractivity contribution >= 4 is 0 Å². The standard InChI is InChI=1S/C25H14.C12H12N2.Ir/c1-5-13-21-17(9-1)18-10-2-6-14-22(18)25(21)23-15-7-3-11-19(23)20-12-4-8-16-24(20)25;1-9-3-5-13-11(7-9)12-8-10(2)4-6-14-12;/h1-10,13-16H;3-8H,1-2H3;/q-2;;. The van der Waals surface area contributed by atoms with Crippen LogP contribution in [0.4, 0.5) is 0 Å². The molecule has 2 nitrogen and oxygen atoms in total. The van der Waals surface area contributed by atoms with Gasteiger partial charge in [0.05, 0.1) is 11.4 Å². The number of benzene rings is 4. The van der Waals surface area contributed by atoms with Gasteiger partial charge in [-0.15, -0.1) is 12.1 Å². The van der Waals surface area contributed by atoms with Crippen molar-refractivity contribution in [2.75, 3.05) is 0 Å². The van der Waals surface area contributed by atoms with Gasteiger partial charge in [-0.3, -0.25) is 9.97 Å². The van der Waals surface area contributed by atoms with E-state index in [1.165, 1.54) is 55.6 Å². The number of fused-ring (bicyclic) bond motifs is 10. The van der Waals surface area contributed by atoms with Gasteiger partial charge in [-0.05, 0) is 76.9 Å². The minimum atomic E-state index is -0.243. The first-order valence-electron chi connectivity index (χ1n) is 13.3. The molecule has 1 spiro atoms. The number of nitrogens with zero attached hydrogens (tertiary/aromatic N) is 2. The van der Waals surface area contributed by atoms with Crippen LogP contribution in [-0.2, 0) is 25.5 Å². The van der Waals surface area contributed by atoms with Crippen molar-refractivity contribution in [3.05, 3.63) is 167 Å². The normalized spacial score (nSPS) is 12.8. The molecule has 0 bridgehead atoms. The quantitative estimate of drug-likeness (QED) is 0.162. The minimum absolute atomic E-state index is 0. The predicted molar refractivity (Wildman–Crippen MR) is 157 cm³/mol. The maximum absolute atomic E-state index is 4.29. The van der Waals surface area contributed by atoms with Crippen molar-refractivity contribution in [1.29, 1.82) is 0 Å². The Morgan fingerprint density at radius 3 is 1.40 bits per heavy atom. The average Bonchev–Trinajstić information content (AvgIpc) is 3.45. The summed E-state index contributed by atoms with van der Waals surface area (Å²) in [5, 5.41) is 0. The van der Waals surface area contributed by atoms with E-state index in [1.54, 1.807) is 0 Å². The molecule has 0 unspecified atom stereocenters. The molecule has 0 amide bonds. The second kappa shape index (κ2) is 10.4. The Labute approximate surface area is 249 Å². The summed E-state index contributed by atoms with van der Waals surface area (Å²) in [7, 11) is 0. The van der Waals surface area contributed by atoms with Gasteiger partial charge in [0.2, 0.25) is 0 Å². The predicted octanol–water partition coefficient (Wildman–Crippen LogP) is 8.39. The maximum atomic E-state index is 4.29. The van der Waals surface area contributed by atoms with Crippen molar-refractivity contribution in [3.63, 3.8) is 0 Å². The second-order valence-electron chi connectivity index (χ2n) is 10.2. The molecule has 0 saturated heterocycles. The number of rotatable bonds is 1. The molecule has 2 aromatic heterocycles. The van der Waals surface area contributed by atoms with E-state index in [4.69, 9.17) is 0 Å². The van der Waals surface area contributed by atoms with Crippen LogP contribution in [0.3, 0.4) is 0 Å². The van der Waals surface area contributed by atoms with E-state index in [0.29, 0.717) is 0 Å². The van der Waals surface area contributed by atoms with Gasteiger partial charge in [0.25, 0.3) is 0 Å². The summed E-state index contributed by atoms with van der Waals surface area (Å²) in [4.78, 5) is 8.58. The van der Waals surface area contributed by atoms with Crippen LogP contribution in [0.25, 0.3) is 33.6 Å². The third-order valence-electron chi connectivity index (χ3n) is 7.82. The summed E-state index contributed by atoms with van der Waals surface area (Å²) in [5.41, 5.74) is 14.5. The molecule has 0 saturated carbocycles. The maximum Gasteiger partial charge on any atom is 0.0888 e. The largest absolute Gasteiger partial charge is 0.255 e. The zero-order chi connectivity index (χ0) is 26.4. The number of hydrogen-bond donors (Lipinski definition) is 0. The number of pyridine rings is 2. The number of aryl methyl sites for hydroxylation is 2. The van der Waals surface area contributed by atoms with E-state index in [2.05, 4.69) is 109 Å². The zero-order valence-corrected chi connectivity index (χ0v) is 24.7. The van der Waals surface area contributed by atoms with E-state index in [9.17, 15) is 0 Å². The van der Waals surface area contributed by atoms with E-state index in [-0.39, 0.29) is 25.5 Å². The van der Waals surface area contributed by atoms with Crippen molar-refractivity contribution in [1.82, 2.24) is 9.97 Å². The Morgan fingerprint density at radius 2 is 0.950 bits per heavy atom. The topological polar surface area (TPSA) is 25.8 Å². The van der Waals surface area contributed by atoms with E-state index in [1.807, 2.05) is 48.8 Å².